The minimum absolute atomic E-state index is 0.208. The van der Waals surface area contributed by atoms with Crippen molar-refractivity contribution in [2.45, 2.75) is 18.9 Å². The Morgan fingerprint density at radius 1 is 1.23 bits per heavy atom. The third-order valence-corrected chi connectivity index (χ3v) is 7.73. The van der Waals surface area contributed by atoms with E-state index >= 15 is 0 Å². The molecule has 5 aromatic rings. The van der Waals surface area contributed by atoms with Gasteiger partial charge in [0.1, 0.15) is 22.7 Å². The lowest BCUT2D eigenvalue weighted by atomic mass is 10.0. The van der Waals surface area contributed by atoms with Crippen LogP contribution in [0.2, 0.25) is 0 Å². The number of carboxylic acids is 1. The van der Waals surface area contributed by atoms with E-state index in [0.717, 1.165) is 48.1 Å². The third kappa shape index (κ3) is 4.04. The van der Waals surface area contributed by atoms with Crippen LogP contribution in [0.5, 0.6) is 0 Å². The fourth-order valence-electron chi connectivity index (χ4n) is 6.02. The van der Waals surface area contributed by atoms with Gasteiger partial charge in [0.25, 0.3) is 0 Å². The Morgan fingerprint density at radius 2 is 2.02 bits per heavy atom. The first kappa shape index (κ1) is 25.8. The van der Waals surface area contributed by atoms with Crippen LogP contribution < -0.4 is 15.6 Å². The van der Waals surface area contributed by atoms with Gasteiger partial charge in [0.05, 0.1) is 27.7 Å². The van der Waals surface area contributed by atoms with E-state index < -0.39 is 11.4 Å². The second-order valence-electron chi connectivity index (χ2n) is 10.6. The molecule has 0 saturated carbocycles. The van der Waals surface area contributed by atoms with Crippen molar-refractivity contribution in [2.75, 3.05) is 44.4 Å². The van der Waals surface area contributed by atoms with Crippen LogP contribution in [0, 0.1) is 5.82 Å². The van der Waals surface area contributed by atoms with Gasteiger partial charge in [0.2, 0.25) is 5.43 Å². The number of halogens is 1. The Morgan fingerprint density at radius 3 is 2.75 bits per heavy atom. The molecule has 0 aliphatic carbocycles. The summed E-state index contributed by atoms with van der Waals surface area (Å²) in [6.07, 6.45) is 6.72. The van der Waals surface area contributed by atoms with Gasteiger partial charge in [-0.3, -0.25) is 4.79 Å². The van der Waals surface area contributed by atoms with Crippen LogP contribution >= 0.6 is 0 Å². The van der Waals surface area contributed by atoms with E-state index in [0.29, 0.717) is 27.9 Å². The first-order chi connectivity index (χ1) is 19.2. The van der Waals surface area contributed by atoms with Crippen molar-refractivity contribution >= 4 is 50.3 Å². The number of nitrogens with zero attached hydrogens (tertiary/aromatic N) is 5. The number of aromatic amines is 1. The molecule has 0 spiro atoms. The fraction of sp³-hybridized carbons (Fsp3) is 0.310. The summed E-state index contributed by atoms with van der Waals surface area (Å²) in [5.41, 5.74) is 3.75. The first-order valence-corrected chi connectivity index (χ1v) is 13.1. The van der Waals surface area contributed by atoms with Crippen molar-refractivity contribution in [3.05, 3.63) is 58.4 Å². The van der Waals surface area contributed by atoms with Crippen LogP contribution in [-0.2, 0) is 7.05 Å². The van der Waals surface area contributed by atoms with Crippen LogP contribution in [0.1, 0.15) is 23.2 Å². The molecule has 1 atom stereocenters. The van der Waals surface area contributed by atoms with Crippen LogP contribution in [0.4, 0.5) is 15.8 Å². The highest BCUT2D eigenvalue weighted by Gasteiger charge is 2.31. The van der Waals surface area contributed by atoms with Gasteiger partial charge in [-0.25, -0.2) is 19.2 Å². The zero-order valence-electron chi connectivity index (χ0n) is 22.7. The molecular formula is C29H30FN7O3. The van der Waals surface area contributed by atoms with Crippen molar-refractivity contribution in [1.29, 1.82) is 0 Å². The van der Waals surface area contributed by atoms with Gasteiger partial charge in [-0.1, -0.05) is 0 Å². The summed E-state index contributed by atoms with van der Waals surface area (Å²) >= 11 is 0. The molecule has 0 bridgehead atoms. The summed E-state index contributed by atoms with van der Waals surface area (Å²) in [5.74, 6) is -1.65. The van der Waals surface area contributed by atoms with E-state index in [1.165, 1.54) is 18.3 Å². The van der Waals surface area contributed by atoms with Gasteiger partial charge in [-0.05, 0) is 45.1 Å². The molecule has 0 radical (unpaired) electrons. The molecule has 6 rings (SSSR count). The predicted molar refractivity (Wildman–Crippen MR) is 155 cm³/mol. The Bertz CT molecular complexity index is 1880. The zero-order chi connectivity index (χ0) is 28.3. The number of aromatic nitrogens is 4. The molecule has 1 aliphatic heterocycles. The normalized spacial score (nSPS) is 15.7. The number of hydrogen-bond donors (Lipinski definition) is 3. The topological polar surface area (TPSA) is 119 Å². The summed E-state index contributed by atoms with van der Waals surface area (Å²) in [6, 6.07) is 4.87. The lowest BCUT2D eigenvalue weighted by molar-refractivity contribution is 0.0695. The number of aryl methyl sites for hydroxylation is 1. The van der Waals surface area contributed by atoms with Crippen molar-refractivity contribution in [2.24, 2.45) is 7.05 Å². The monoisotopic (exact) mass is 543 g/mol. The van der Waals surface area contributed by atoms with Crippen LogP contribution in [0.15, 0.2) is 41.6 Å². The maximum absolute atomic E-state index is 14.8. The fourth-order valence-corrected chi connectivity index (χ4v) is 6.02. The molecule has 0 amide bonds. The van der Waals surface area contributed by atoms with E-state index in [1.54, 1.807) is 37.1 Å². The molecule has 3 N–H and O–H groups in total. The van der Waals surface area contributed by atoms with Crippen LogP contribution in [-0.4, -0.2) is 75.8 Å². The zero-order valence-corrected chi connectivity index (χ0v) is 22.7. The van der Waals surface area contributed by atoms with Gasteiger partial charge < -0.3 is 29.8 Å². The smallest absolute Gasteiger partial charge is 0.341 e. The number of fused-ring (bicyclic) bond motifs is 4. The highest BCUT2D eigenvalue weighted by molar-refractivity contribution is 6.18. The number of rotatable bonds is 6. The van der Waals surface area contributed by atoms with Crippen molar-refractivity contribution < 1.29 is 14.3 Å². The SMILES string of the molecule is CNc1cc(F)cc2c1[nH]c1ncc(-c3cnc4c(c3)c(=O)c(C(=O)O)cn4C)c(N3CCC[C@H]3CN(C)C)c12. The van der Waals surface area contributed by atoms with E-state index in [9.17, 15) is 19.1 Å². The van der Waals surface area contributed by atoms with E-state index in [1.807, 2.05) is 14.1 Å². The van der Waals surface area contributed by atoms with Crippen molar-refractivity contribution in [3.63, 3.8) is 0 Å². The maximum Gasteiger partial charge on any atom is 0.341 e. The van der Waals surface area contributed by atoms with Gasteiger partial charge in [0, 0.05) is 68.3 Å². The minimum Gasteiger partial charge on any atom is -0.477 e. The van der Waals surface area contributed by atoms with E-state index in [-0.39, 0.29) is 22.8 Å². The van der Waals surface area contributed by atoms with E-state index in [4.69, 9.17) is 4.98 Å². The second-order valence-corrected chi connectivity index (χ2v) is 10.6. The molecule has 1 saturated heterocycles. The lowest BCUT2D eigenvalue weighted by Gasteiger charge is -2.31. The first-order valence-electron chi connectivity index (χ1n) is 13.1. The summed E-state index contributed by atoms with van der Waals surface area (Å²) in [5, 5.41) is 14.4. The number of pyridine rings is 3. The number of carboxylic acid groups (broad SMARTS) is 1. The van der Waals surface area contributed by atoms with Crippen molar-refractivity contribution in [3.8, 4) is 11.1 Å². The van der Waals surface area contributed by atoms with E-state index in [2.05, 4.69) is 25.1 Å². The number of hydrogen-bond acceptors (Lipinski definition) is 7. The minimum atomic E-state index is -1.29. The molecule has 206 valence electrons. The summed E-state index contributed by atoms with van der Waals surface area (Å²) < 4.78 is 16.4. The summed E-state index contributed by atoms with van der Waals surface area (Å²) in [6.45, 7) is 1.64. The molecular weight excluding hydrogens is 513 g/mol. The highest BCUT2D eigenvalue weighted by Crippen LogP contribution is 2.44. The summed E-state index contributed by atoms with van der Waals surface area (Å²) in [7, 11) is 7.50. The molecule has 1 aliphatic rings. The largest absolute Gasteiger partial charge is 0.477 e. The Hall–Kier alpha value is -4.51. The number of likely N-dealkylation sites (N-methyl/N-ethyl adjacent to an activating group) is 1. The molecule has 5 heterocycles. The number of benzene rings is 1. The van der Waals surface area contributed by atoms with Crippen LogP contribution in [0.3, 0.4) is 0 Å². The van der Waals surface area contributed by atoms with Gasteiger partial charge in [-0.2, -0.15) is 0 Å². The number of anilines is 2. The molecule has 40 heavy (non-hydrogen) atoms. The quantitative estimate of drug-likeness (QED) is 0.294. The highest BCUT2D eigenvalue weighted by atomic mass is 19.1. The average molecular weight is 544 g/mol. The molecule has 0 unspecified atom stereocenters. The predicted octanol–water partition coefficient (Wildman–Crippen LogP) is 4.04. The number of aromatic carboxylic acids is 1. The van der Waals surface area contributed by atoms with Gasteiger partial charge in [-0.15, -0.1) is 0 Å². The Kier molecular flexibility index (Phi) is 6.18. The number of carbonyl (C=O) groups is 1. The van der Waals surface area contributed by atoms with Gasteiger partial charge >= 0.3 is 5.97 Å². The molecule has 1 aromatic carbocycles. The van der Waals surface area contributed by atoms with Gasteiger partial charge in [0.15, 0.2) is 0 Å². The van der Waals surface area contributed by atoms with Crippen molar-refractivity contribution in [1.82, 2.24) is 24.4 Å². The summed E-state index contributed by atoms with van der Waals surface area (Å²) in [4.78, 5) is 42.1. The Balaban J connectivity index is 1.69. The molecule has 11 heteroatoms. The maximum atomic E-state index is 14.8. The molecule has 10 nitrogen and oxygen atoms in total. The third-order valence-electron chi connectivity index (χ3n) is 7.73. The lowest BCUT2D eigenvalue weighted by Crippen LogP contribution is -2.38. The number of H-pyrrole nitrogens is 1. The number of nitrogens with one attached hydrogen (secondary N) is 2. The second kappa shape index (κ2) is 9.60. The Labute approximate surface area is 229 Å². The molecule has 1 fully saturated rings. The van der Waals surface area contributed by atoms with Crippen LogP contribution in [0.25, 0.3) is 44.1 Å². The standard InChI is InChI=1S/C29H30FN7O3/c1-31-22-10-16(30)9-18-23-25(37-7-5-6-17(37)13-35(2)3)20(12-32-27(23)34-24(18)22)15-8-19-26(38)21(29(39)40)14-36(4)28(19)33-11-15/h8-12,14,17,31H,5-7,13H2,1-4H3,(H,32,34)(H,39,40)/t17-/m0/s1. The molecule has 4 aromatic heterocycles. The average Bonchev–Trinajstić information content (AvgIpc) is 3.53.